The zero-order valence-electron chi connectivity index (χ0n) is 20.4. The summed E-state index contributed by atoms with van der Waals surface area (Å²) in [4.78, 5) is 25.3. The van der Waals surface area contributed by atoms with Crippen LogP contribution in [-0.2, 0) is 20.8 Å². The summed E-state index contributed by atoms with van der Waals surface area (Å²) in [5.74, 6) is -6.73. The summed E-state index contributed by atoms with van der Waals surface area (Å²) >= 11 is 0. The molecule has 0 saturated carbocycles. The Morgan fingerprint density at radius 2 is 1.58 bits per heavy atom. The molecule has 0 N–H and O–H groups in total. The lowest BCUT2D eigenvalue weighted by atomic mass is 10.1. The molecule has 4 rings (SSSR count). The van der Waals surface area contributed by atoms with Crippen LogP contribution >= 0.6 is 0 Å². The number of hydrazine groups is 2. The Hall–Kier alpha value is -2.72. The summed E-state index contributed by atoms with van der Waals surface area (Å²) in [6, 6.07) is -1.99. The fourth-order valence-electron chi connectivity index (χ4n) is 4.55. The second-order valence-electron chi connectivity index (χ2n) is 8.64. The fourth-order valence-corrected chi connectivity index (χ4v) is 4.55. The second kappa shape index (κ2) is 11.6. The first-order valence-corrected chi connectivity index (χ1v) is 11.9. The lowest BCUT2D eigenvalue weighted by molar-refractivity contribution is -0.310. The van der Waals surface area contributed by atoms with Crippen molar-refractivity contribution >= 4 is 16.9 Å². The third-order valence-corrected chi connectivity index (χ3v) is 6.27. The number of nitrogens with zero attached hydrogens (tertiary/aromatic N) is 4. The molecule has 0 bridgehead atoms. The highest BCUT2D eigenvalue weighted by Gasteiger charge is 2.49. The van der Waals surface area contributed by atoms with E-state index < -0.39 is 64.1 Å². The van der Waals surface area contributed by atoms with Gasteiger partial charge in [0.15, 0.2) is 23.5 Å². The zero-order valence-corrected chi connectivity index (χ0v) is 20.4. The average molecular weight is 552 g/mol. The highest BCUT2D eigenvalue weighted by Crippen LogP contribution is 2.31. The van der Waals surface area contributed by atoms with E-state index in [0.717, 1.165) is 5.12 Å². The van der Waals surface area contributed by atoms with E-state index in [-0.39, 0.29) is 59.2 Å². The number of carbonyl (C=O) groups excluding carboxylic acids is 1. The van der Waals surface area contributed by atoms with Crippen LogP contribution in [0, 0.1) is 17.5 Å². The second-order valence-corrected chi connectivity index (χ2v) is 8.64. The molecule has 1 aromatic carbocycles. The number of aromatic nitrogens is 1. The number of esters is 1. The van der Waals surface area contributed by atoms with E-state index in [0.29, 0.717) is 16.8 Å². The Morgan fingerprint density at radius 1 is 1.03 bits per heavy atom. The number of morpholine rings is 2. The summed E-state index contributed by atoms with van der Waals surface area (Å²) in [6.07, 6.45) is -4.23. The summed E-state index contributed by atoms with van der Waals surface area (Å²) in [7, 11) is 0. The number of fused-ring (bicyclic) bond motifs is 1. The highest BCUT2D eigenvalue weighted by molar-refractivity contribution is 5.94. The van der Waals surface area contributed by atoms with E-state index in [1.165, 1.54) is 16.9 Å². The molecular formula is C23H26F6N4O5. The van der Waals surface area contributed by atoms with Gasteiger partial charge in [-0.25, -0.2) is 28.0 Å². The minimum absolute atomic E-state index is 0.122. The Kier molecular flexibility index (Phi) is 8.62. The summed E-state index contributed by atoms with van der Waals surface area (Å²) in [6.45, 7) is 1.35. The number of alkyl halides is 3. The van der Waals surface area contributed by atoms with Crippen LogP contribution < -0.4 is 5.43 Å². The maximum atomic E-state index is 15.0. The van der Waals surface area contributed by atoms with Gasteiger partial charge < -0.3 is 18.8 Å². The van der Waals surface area contributed by atoms with Crippen molar-refractivity contribution in [2.45, 2.75) is 25.7 Å². The highest BCUT2D eigenvalue weighted by atomic mass is 19.4. The molecule has 210 valence electrons. The van der Waals surface area contributed by atoms with E-state index in [4.69, 9.17) is 14.2 Å². The largest absolute Gasteiger partial charge is 0.462 e. The number of rotatable bonds is 7. The summed E-state index contributed by atoms with van der Waals surface area (Å²) in [5, 5.41) is 3.11. The Balaban J connectivity index is 1.90. The van der Waals surface area contributed by atoms with Gasteiger partial charge in [0.1, 0.15) is 5.56 Å². The van der Waals surface area contributed by atoms with Gasteiger partial charge >= 0.3 is 12.1 Å². The van der Waals surface area contributed by atoms with Crippen molar-refractivity contribution in [2.24, 2.45) is 0 Å². The Labute approximate surface area is 213 Å². The van der Waals surface area contributed by atoms with Gasteiger partial charge in [0.2, 0.25) is 5.43 Å². The number of benzene rings is 1. The molecule has 0 aliphatic carbocycles. The average Bonchev–Trinajstić information content (AvgIpc) is 2.89. The Bertz CT molecular complexity index is 1210. The normalized spacial score (nSPS) is 18.7. The van der Waals surface area contributed by atoms with Crippen LogP contribution in [0.1, 0.15) is 17.3 Å². The van der Waals surface area contributed by atoms with Gasteiger partial charge in [-0.05, 0) is 13.0 Å². The Morgan fingerprint density at radius 3 is 2.08 bits per heavy atom. The van der Waals surface area contributed by atoms with Crippen LogP contribution in [0.15, 0.2) is 17.1 Å². The lowest BCUT2D eigenvalue weighted by Gasteiger charge is -2.49. The van der Waals surface area contributed by atoms with Gasteiger partial charge in [-0.3, -0.25) is 4.79 Å². The molecule has 2 fully saturated rings. The molecule has 2 aromatic rings. The van der Waals surface area contributed by atoms with Crippen molar-refractivity contribution in [3.63, 3.8) is 0 Å². The third kappa shape index (κ3) is 5.66. The van der Waals surface area contributed by atoms with Crippen molar-refractivity contribution in [2.75, 3.05) is 59.2 Å². The van der Waals surface area contributed by atoms with Gasteiger partial charge in [0, 0.05) is 32.4 Å². The SMILES string of the molecule is CCOC(=O)c1cn(CC(N(N2CCOCC2)N2CCOCC2)C(F)(F)F)c2c(F)c(F)c(F)cc2c1=O. The quantitative estimate of drug-likeness (QED) is 0.295. The number of carbonyl (C=O) groups is 1. The molecule has 38 heavy (non-hydrogen) atoms. The number of hydrogen-bond acceptors (Lipinski definition) is 8. The molecule has 1 atom stereocenters. The topological polar surface area (TPSA) is 76.5 Å². The van der Waals surface area contributed by atoms with Crippen molar-refractivity contribution in [3.8, 4) is 0 Å². The minimum Gasteiger partial charge on any atom is -0.462 e. The molecular weight excluding hydrogens is 526 g/mol. The van der Waals surface area contributed by atoms with E-state index in [9.17, 15) is 35.9 Å². The standard InChI is InChI=1S/C23H26F6N4O5/c1-2-38-22(35)15-12-30(20-14(21(15)34)11-16(24)18(25)19(20)26)13-17(23(27,28)29)33(31-3-7-36-8-4-31)32-5-9-37-10-6-32/h11-12,17H,2-10,13H2,1H3. The predicted molar refractivity (Wildman–Crippen MR) is 121 cm³/mol. The summed E-state index contributed by atoms with van der Waals surface area (Å²) in [5.41, 5.74) is -2.84. The van der Waals surface area contributed by atoms with Crippen LogP contribution in [0.25, 0.3) is 10.9 Å². The molecule has 0 spiro atoms. The van der Waals surface area contributed by atoms with E-state index >= 15 is 0 Å². The van der Waals surface area contributed by atoms with Crippen molar-refractivity contribution in [3.05, 3.63) is 45.5 Å². The van der Waals surface area contributed by atoms with Gasteiger partial charge in [0.25, 0.3) is 0 Å². The molecule has 2 aliphatic heterocycles. The van der Waals surface area contributed by atoms with Crippen LogP contribution in [0.4, 0.5) is 26.3 Å². The van der Waals surface area contributed by atoms with Gasteiger partial charge in [0.05, 0.1) is 50.5 Å². The maximum Gasteiger partial charge on any atom is 0.408 e. The fraction of sp³-hybridized carbons (Fsp3) is 0.565. The molecule has 2 aliphatic rings. The minimum atomic E-state index is -4.93. The first-order chi connectivity index (χ1) is 18.0. The molecule has 1 unspecified atom stereocenters. The molecule has 2 saturated heterocycles. The van der Waals surface area contributed by atoms with Crippen LogP contribution in [-0.4, -0.2) is 97.1 Å². The lowest BCUT2D eigenvalue weighted by Crippen LogP contribution is -2.66. The maximum absolute atomic E-state index is 15.0. The monoisotopic (exact) mass is 552 g/mol. The number of ether oxygens (including phenoxy) is 3. The van der Waals surface area contributed by atoms with Gasteiger partial charge in [-0.15, -0.1) is 0 Å². The molecule has 3 heterocycles. The molecule has 9 nitrogen and oxygen atoms in total. The molecule has 0 amide bonds. The number of pyridine rings is 1. The van der Waals surface area contributed by atoms with Crippen molar-refractivity contribution < 1.29 is 45.3 Å². The van der Waals surface area contributed by atoms with E-state index in [1.54, 1.807) is 0 Å². The van der Waals surface area contributed by atoms with Gasteiger partial charge in [-0.1, -0.05) is 0 Å². The molecule has 1 aromatic heterocycles. The van der Waals surface area contributed by atoms with E-state index in [2.05, 4.69) is 0 Å². The van der Waals surface area contributed by atoms with E-state index in [1.807, 2.05) is 0 Å². The van der Waals surface area contributed by atoms with Crippen LogP contribution in [0.5, 0.6) is 0 Å². The first-order valence-electron chi connectivity index (χ1n) is 11.9. The number of halogens is 6. The van der Waals surface area contributed by atoms with Crippen molar-refractivity contribution in [1.29, 1.82) is 0 Å². The van der Waals surface area contributed by atoms with Gasteiger partial charge in [-0.2, -0.15) is 18.3 Å². The molecule has 15 heteroatoms. The number of hydrogen-bond donors (Lipinski definition) is 0. The van der Waals surface area contributed by atoms with Crippen LogP contribution in [0.3, 0.4) is 0 Å². The van der Waals surface area contributed by atoms with Crippen molar-refractivity contribution in [1.82, 2.24) is 19.7 Å². The third-order valence-electron chi connectivity index (χ3n) is 6.27. The molecule has 0 radical (unpaired) electrons. The van der Waals surface area contributed by atoms with Crippen LogP contribution in [0.2, 0.25) is 0 Å². The predicted octanol–water partition coefficient (Wildman–Crippen LogP) is 2.32. The zero-order chi connectivity index (χ0) is 27.6. The first kappa shape index (κ1) is 28.3. The summed E-state index contributed by atoms with van der Waals surface area (Å²) < 4.78 is 103. The smallest absolute Gasteiger partial charge is 0.408 e.